The van der Waals surface area contributed by atoms with Gasteiger partial charge in [0, 0.05) is 12.1 Å². The van der Waals surface area contributed by atoms with Crippen molar-refractivity contribution >= 4 is 11.6 Å². The van der Waals surface area contributed by atoms with Gasteiger partial charge in [-0.05, 0) is 49.7 Å². The third-order valence-electron chi connectivity index (χ3n) is 2.83. The lowest BCUT2D eigenvalue weighted by Crippen LogP contribution is -2.22. The Hall–Kier alpha value is -2.49. The number of carbonyl (C=O) groups is 1. The number of nitrogens with two attached hydrogens (primary N) is 1. The highest BCUT2D eigenvalue weighted by molar-refractivity contribution is 5.95. The number of hydrogen-bond acceptors (Lipinski definition) is 3. The summed E-state index contributed by atoms with van der Waals surface area (Å²) in [6, 6.07) is 12.7. The van der Waals surface area contributed by atoms with Gasteiger partial charge in [0.25, 0.3) is 5.91 Å². The zero-order valence-electron chi connectivity index (χ0n) is 11.6. The number of ether oxygens (including phenoxy) is 1. The van der Waals surface area contributed by atoms with E-state index >= 15 is 0 Å². The summed E-state index contributed by atoms with van der Waals surface area (Å²) in [5.41, 5.74) is 8.02. The van der Waals surface area contributed by atoms with Crippen LogP contribution in [0.1, 0.15) is 22.8 Å². The number of nitrogens with one attached hydrogen (secondary N) is 1. The van der Waals surface area contributed by atoms with E-state index in [9.17, 15) is 4.79 Å². The fourth-order valence-electron chi connectivity index (χ4n) is 1.83. The van der Waals surface area contributed by atoms with Crippen LogP contribution in [0.25, 0.3) is 0 Å². The number of amides is 1. The van der Waals surface area contributed by atoms with Crippen LogP contribution in [0.4, 0.5) is 5.69 Å². The molecule has 0 spiro atoms. The van der Waals surface area contributed by atoms with Gasteiger partial charge in [-0.2, -0.15) is 0 Å². The van der Waals surface area contributed by atoms with Crippen molar-refractivity contribution in [2.75, 3.05) is 12.3 Å². The maximum Gasteiger partial charge on any atom is 0.251 e. The van der Waals surface area contributed by atoms with Crippen molar-refractivity contribution in [2.24, 2.45) is 0 Å². The maximum absolute atomic E-state index is 11.8. The van der Waals surface area contributed by atoms with Crippen LogP contribution in [0, 0.1) is 6.92 Å². The molecule has 0 atom stereocenters. The largest absolute Gasteiger partial charge is 0.455 e. The second kappa shape index (κ2) is 6.10. The van der Waals surface area contributed by atoms with E-state index in [1.807, 2.05) is 38.1 Å². The average Bonchev–Trinajstić information content (AvgIpc) is 2.41. The van der Waals surface area contributed by atoms with Crippen molar-refractivity contribution in [3.05, 3.63) is 53.6 Å². The lowest BCUT2D eigenvalue weighted by atomic mass is 10.1. The first-order chi connectivity index (χ1) is 9.60. The molecule has 3 N–H and O–H groups in total. The number of anilines is 1. The van der Waals surface area contributed by atoms with Crippen molar-refractivity contribution in [1.29, 1.82) is 0 Å². The predicted molar refractivity (Wildman–Crippen MR) is 80.1 cm³/mol. The Balaban J connectivity index is 2.27. The zero-order chi connectivity index (χ0) is 14.5. The van der Waals surface area contributed by atoms with Crippen LogP contribution in [0.2, 0.25) is 0 Å². The van der Waals surface area contributed by atoms with Gasteiger partial charge < -0.3 is 15.8 Å². The van der Waals surface area contributed by atoms with Gasteiger partial charge in [0.05, 0.1) is 5.69 Å². The molecule has 2 aromatic carbocycles. The molecular formula is C16H18N2O2. The Morgan fingerprint density at radius 1 is 1.25 bits per heavy atom. The van der Waals surface area contributed by atoms with E-state index in [0.717, 1.165) is 5.56 Å². The number of aryl methyl sites for hydroxylation is 1. The third-order valence-corrected chi connectivity index (χ3v) is 2.83. The lowest BCUT2D eigenvalue weighted by Gasteiger charge is -2.11. The van der Waals surface area contributed by atoms with E-state index in [1.165, 1.54) is 0 Å². The molecule has 0 saturated carbocycles. The van der Waals surface area contributed by atoms with E-state index < -0.39 is 0 Å². The molecule has 4 heteroatoms. The van der Waals surface area contributed by atoms with Gasteiger partial charge in [0.1, 0.15) is 5.75 Å². The minimum atomic E-state index is -0.137. The second-order valence-electron chi connectivity index (χ2n) is 4.53. The molecule has 20 heavy (non-hydrogen) atoms. The predicted octanol–water partition coefficient (Wildman–Crippen LogP) is 3.12. The highest BCUT2D eigenvalue weighted by atomic mass is 16.5. The quantitative estimate of drug-likeness (QED) is 0.839. The fourth-order valence-corrected chi connectivity index (χ4v) is 1.83. The van der Waals surface area contributed by atoms with E-state index in [-0.39, 0.29) is 5.91 Å². The van der Waals surface area contributed by atoms with Crippen molar-refractivity contribution in [2.45, 2.75) is 13.8 Å². The van der Waals surface area contributed by atoms with Gasteiger partial charge in [0.2, 0.25) is 0 Å². The van der Waals surface area contributed by atoms with Crippen LogP contribution in [0.5, 0.6) is 11.5 Å². The normalized spacial score (nSPS) is 10.1. The highest BCUT2D eigenvalue weighted by Crippen LogP contribution is 2.28. The molecule has 0 aliphatic heterocycles. The molecule has 0 unspecified atom stereocenters. The molecule has 0 heterocycles. The van der Waals surface area contributed by atoms with Gasteiger partial charge in [-0.3, -0.25) is 4.79 Å². The summed E-state index contributed by atoms with van der Waals surface area (Å²) < 4.78 is 5.75. The summed E-state index contributed by atoms with van der Waals surface area (Å²) in [7, 11) is 0. The molecule has 0 bridgehead atoms. The average molecular weight is 270 g/mol. The van der Waals surface area contributed by atoms with E-state index in [4.69, 9.17) is 10.5 Å². The van der Waals surface area contributed by atoms with E-state index in [2.05, 4.69) is 5.32 Å². The standard InChI is InChI=1S/C16H18N2O2/c1-3-18-16(19)12-7-8-14(17)15(10-12)20-13-6-4-5-11(2)9-13/h4-10H,3,17H2,1-2H3,(H,18,19). The summed E-state index contributed by atoms with van der Waals surface area (Å²) in [6.45, 7) is 4.44. The molecule has 2 aromatic rings. The van der Waals surface area contributed by atoms with Crippen LogP contribution < -0.4 is 15.8 Å². The first-order valence-corrected chi connectivity index (χ1v) is 6.52. The number of hydrogen-bond donors (Lipinski definition) is 2. The Morgan fingerprint density at radius 2 is 2.05 bits per heavy atom. The maximum atomic E-state index is 11.8. The summed E-state index contributed by atoms with van der Waals surface area (Å²) >= 11 is 0. The third kappa shape index (κ3) is 3.29. The van der Waals surface area contributed by atoms with Gasteiger partial charge >= 0.3 is 0 Å². The van der Waals surface area contributed by atoms with Gasteiger partial charge in [-0.15, -0.1) is 0 Å². The minimum absolute atomic E-state index is 0.137. The summed E-state index contributed by atoms with van der Waals surface area (Å²) in [6.07, 6.45) is 0. The topological polar surface area (TPSA) is 64.4 Å². The molecule has 0 saturated heterocycles. The monoisotopic (exact) mass is 270 g/mol. The lowest BCUT2D eigenvalue weighted by molar-refractivity contribution is 0.0955. The Labute approximate surface area is 118 Å². The number of nitrogen functional groups attached to an aromatic ring is 1. The highest BCUT2D eigenvalue weighted by Gasteiger charge is 2.09. The van der Waals surface area contributed by atoms with Crippen molar-refractivity contribution in [3.63, 3.8) is 0 Å². The van der Waals surface area contributed by atoms with Crippen LogP contribution in [-0.2, 0) is 0 Å². The molecule has 0 aromatic heterocycles. The van der Waals surface area contributed by atoms with E-state index in [1.54, 1.807) is 18.2 Å². The summed E-state index contributed by atoms with van der Waals surface area (Å²) in [5.74, 6) is 1.05. The SMILES string of the molecule is CCNC(=O)c1ccc(N)c(Oc2cccc(C)c2)c1. The molecule has 0 radical (unpaired) electrons. The zero-order valence-corrected chi connectivity index (χ0v) is 11.6. The van der Waals surface area contributed by atoms with Gasteiger partial charge in [0.15, 0.2) is 5.75 Å². The molecule has 0 fully saturated rings. The smallest absolute Gasteiger partial charge is 0.251 e. The van der Waals surface area contributed by atoms with Crippen LogP contribution in [-0.4, -0.2) is 12.5 Å². The van der Waals surface area contributed by atoms with E-state index in [0.29, 0.717) is 29.3 Å². The molecule has 0 aliphatic carbocycles. The first kappa shape index (κ1) is 13.9. The Bertz CT molecular complexity index is 624. The molecule has 0 aliphatic rings. The van der Waals surface area contributed by atoms with Crippen LogP contribution >= 0.6 is 0 Å². The van der Waals surface area contributed by atoms with Crippen molar-refractivity contribution in [3.8, 4) is 11.5 Å². The number of carbonyl (C=O) groups excluding carboxylic acids is 1. The Morgan fingerprint density at radius 3 is 2.75 bits per heavy atom. The second-order valence-corrected chi connectivity index (χ2v) is 4.53. The van der Waals surface area contributed by atoms with Crippen molar-refractivity contribution < 1.29 is 9.53 Å². The summed E-state index contributed by atoms with van der Waals surface area (Å²) in [5, 5.41) is 2.75. The first-order valence-electron chi connectivity index (χ1n) is 6.52. The van der Waals surface area contributed by atoms with Crippen molar-refractivity contribution in [1.82, 2.24) is 5.32 Å². The minimum Gasteiger partial charge on any atom is -0.455 e. The molecule has 2 rings (SSSR count). The molecular weight excluding hydrogens is 252 g/mol. The molecule has 1 amide bonds. The Kier molecular flexibility index (Phi) is 4.25. The van der Waals surface area contributed by atoms with Crippen LogP contribution in [0.15, 0.2) is 42.5 Å². The summed E-state index contributed by atoms with van der Waals surface area (Å²) in [4.78, 5) is 11.8. The van der Waals surface area contributed by atoms with Gasteiger partial charge in [-0.1, -0.05) is 12.1 Å². The molecule has 104 valence electrons. The van der Waals surface area contributed by atoms with Gasteiger partial charge in [-0.25, -0.2) is 0 Å². The van der Waals surface area contributed by atoms with Crippen LogP contribution in [0.3, 0.4) is 0 Å². The molecule has 4 nitrogen and oxygen atoms in total. The number of rotatable bonds is 4. The number of benzene rings is 2. The fraction of sp³-hybridized carbons (Fsp3) is 0.188.